The second kappa shape index (κ2) is 6.29. The number of rotatable bonds is 2. The Bertz CT molecular complexity index is 1040. The zero-order valence-corrected chi connectivity index (χ0v) is 15.5. The predicted molar refractivity (Wildman–Crippen MR) is 113 cm³/mol. The second-order valence-corrected chi connectivity index (χ2v) is 7.30. The largest absolute Gasteiger partial charge is 0.310 e. The van der Waals surface area contributed by atoms with Gasteiger partial charge in [0.15, 0.2) is 0 Å². The van der Waals surface area contributed by atoms with Crippen LogP contribution in [0, 0.1) is 0 Å². The van der Waals surface area contributed by atoms with E-state index in [0.717, 1.165) is 33.8 Å². The van der Waals surface area contributed by atoms with Crippen LogP contribution in [0.2, 0.25) is 0 Å². The van der Waals surface area contributed by atoms with Gasteiger partial charge in [-0.05, 0) is 29.8 Å². The Labute approximate surface area is 164 Å². The quantitative estimate of drug-likeness (QED) is 0.345. The minimum Gasteiger partial charge on any atom is -0.310 e. The fraction of sp³-hybridized carbons (Fsp3) is 0.0400. The van der Waals surface area contributed by atoms with Crippen molar-refractivity contribution in [2.24, 2.45) is 0 Å². The van der Waals surface area contributed by atoms with Gasteiger partial charge in [-0.15, -0.1) is 11.6 Å². The van der Waals surface area contributed by atoms with Crippen molar-refractivity contribution in [1.29, 1.82) is 0 Å². The van der Waals surface area contributed by atoms with E-state index in [0.29, 0.717) is 0 Å². The van der Waals surface area contributed by atoms with Gasteiger partial charge in [0.25, 0.3) is 0 Å². The lowest BCUT2D eigenvalue weighted by molar-refractivity contribution is 0.853. The first-order valence-corrected chi connectivity index (χ1v) is 9.46. The van der Waals surface area contributed by atoms with Crippen molar-refractivity contribution in [3.05, 3.63) is 126 Å². The van der Waals surface area contributed by atoms with E-state index in [4.69, 9.17) is 11.6 Å². The van der Waals surface area contributed by atoms with Crippen molar-refractivity contribution >= 4 is 28.7 Å². The van der Waals surface area contributed by atoms with Crippen LogP contribution in [0.25, 0.3) is 0 Å². The molecule has 1 nitrogen and oxygen atoms in total. The minimum atomic E-state index is -0.722. The van der Waals surface area contributed by atoms with Gasteiger partial charge < -0.3 is 4.90 Å². The standard InChI is InChI=1S/C25H18ClN/c26-25(19-11-3-1-4-12-19)21-15-7-9-17-23(21)27(20-13-5-2-6-14-20)24-18-10-8-16-22(24)25/h1-18H. The maximum absolute atomic E-state index is 7.49. The second-order valence-electron chi connectivity index (χ2n) is 6.73. The molecule has 4 aromatic carbocycles. The van der Waals surface area contributed by atoms with Crippen LogP contribution in [0.5, 0.6) is 0 Å². The number of fused-ring (bicyclic) bond motifs is 2. The topological polar surface area (TPSA) is 3.24 Å². The van der Waals surface area contributed by atoms with Crippen molar-refractivity contribution in [2.45, 2.75) is 4.87 Å². The summed E-state index contributed by atoms with van der Waals surface area (Å²) in [5.74, 6) is 0. The summed E-state index contributed by atoms with van der Waals surface area (Å²) in [5.41, 5.74) is 6.63. The molecular formula is C25H18ClN. The van der Waals surface area contributed by atoms with Gasteiger partial charge in [-0.2, -0.15) is 0 Å². The number of halogens is 1. The third-order valence-electron chi connectivity index (χ3n) is 5.22. The Balaban J connectivity index is 1.86. The molecule has 4 aromatic rings. The zero-order chi connectivity index (χ0) is 18.3. The Morgan fingerprint density at radius 2 is 0.963 bits per heavy atom. The lowest BCUT2D eigenvalue weighted by Crippen LogP contribution is -2.32. The average Bonchev–Trinajstić information content (AvgIpc) is 2.75. The molecule has 2 heteroatoms. The normalized spacial score (nSPS) is 14.3. The molecule has 0 aromatic heterocycles. The highest BCUT2D eigenvalue weighted by atomic mass is 35.5. The predicted octanol–water partition coefficient (Wildman–Crippen LogP) is 7.00. The van der Waals surface area contributed by atoms with E-state index in [-0.39, 0.29) is 0 Å². The maximum Gasteiger partial charge on any atom is 0.123 e. The zero-order valence-electron chi connectivity index (χ0n) is 14.7. The van der Waals surface area contributed by atoms with Gasteiger partial charge in [0, 0.05) is 16.8 Å². The van der Waals surface area contributed by atoms with Crippen molar-refractivity contribution in [2.75, 3.05) is 4.90 Å². The number of hydrogen-bond acceptors (Lipinski definition) is 1. The van der Waals surface area contributed by atoms with Gasteiger partial charge in [-0.3, -0.25) is 0 Å². The SMILES string of the molecule is ClC1(c2ccccc2)c2ccccc2N(c2ccccc2)c2ccccc21. The molecule has 1 heterocycles. The Kier molecular flexibility index (Phi) is 3.77. The first kappa shape index (κ1) is 16.2. The molecule has 0 atom stereocenters. The summed E-state index contributed by atoms with van der Waals surface area (Å²) in [4.78, 5) is 1.58. The lowest BCUT2D eigenvalue weighted by Gasteiger charge is -2.42. The molecule has 0 aliphatic carbocycles. The first-order valence-electron chi connectivity index (χ1n) is 9.09. The fourth-order valence-corrected chi connectivity index (χ4v) is 4.47. The molecule has 130 valence electrons. The highest BCUT2D eigenvalue weighted by Gasteiger charge is 2.43. The van der Waals surface area contributed by atoms with Gasteiger partial charge >= 0.3 is 0 Å². The minimum absolute atomic E-state index is 0.722. The third kappa shape index (κ3) is 2.39. The molecule has 0 amide bonds. The Hall–Kier alpha value is -3.03. The number of anilines is 3. The van der Waals surface area contributed by atoms with Crippen LogP contribution in [-0.4, -0.2) is 0 Å². The molecule has 1 aliphatic rings. The van der Waals surface area contributed by atoms with E-state index < -0.39 is 4.87 Å². The molecule has 0 radical (unpaired) electrons. The molecule has 5 rings (SSSR count). The van der Waals surface area contributed by atoms with Crippen LogP contribution < -0.4 is 4.90 Å². The van der Waals surface area contributed by atoms with Crippen LogP contribution in [0.3, 0.4) is 0 Å². The van der Waals surface area contributed by atoms with E-state index in [1.165, 1.54) is 0 Å². The Morgan fingerprint density at radius 3 is 1.52 bits per heavy atom. The summed E-state index contributed by atoms with van der Waals surface area (Å²) in [6.45, 7) is 0. The average molecular weight is 368 g/mol. The monoisotopic (exact) mass is 367 g/mol. The fourth-order valence-electron chi connectivity index (χ4n) is 4.03. The summed E-state index contributed by atoms with van der Waals surface area (Å²) in [5, 5.41) is 0. The molecule has 0 fully saturated rings. The number of benzene rings is 4. The van der Waals surface area contributed by atoms with Crippen LogP contribution >= 0.6 is 11.6 Å². The molecular weight excluding hydrogens is 350 g/mol. The van der Waals surface area contributed by atoms with E-state index in [2.05, 4.69) is 89.8 Å². The van der Waals surface area contributed by atoms with Gasteiger partial charge in [0.05, 0.1) is 11.4 Å². The third-order valence-corrected chi connectivity index (χ3v) is 5.84. The van der Waals surface area contributed by atoms with Crippen molar-refractivity contribution in [3.8, 4) is 0 Å². The van der Waals surface area contributed by atoms with Crippen molar-refractivity contribution < 1.29 is 0 Å². The molecule has 0 saturated carbocycles. The van der Waals surface area contributed by atoms with E-state index in [1.54, 1.807) is 0 Å². The first-order chi connectivity index (χ1) is 13.3. The lowest BCUT2D eigenvalue weighted by atomic mass is 9.79. The number of nitrogens with zero attached hydrogens (tertiary/aromatic N) is 1. The van der Waals surface area contributed by atoms with E-state index in [1.807, 2.05) is 24.3 Å². The van der Waals surface area contributed by atoms with Crippen LogP contribution in [0.4, 0.5) is 17.1 Å². The molecule has 1 aliphatic heterocycles. The number of para-hydroxylation sites is 3. The molecule has 27 heavy (non-hydrogen) atoms. The summed E-state index contributed by atoms with van der Waals surface area (Å²) in [6.07, 6.45) is 0. The van der Waals surface area contributed by atoms with Gasteiger partial charge in [0.2, 0.25) is 0 Å². The molecule has 0 unspecified atom stereocenters. The van der Waals surface area contributed by atoms with Gasteiger partial charge in [-0.1, -0.05) is 84.9 Å². The molecule has 0 N–H and O–H groups in total. The van der Waals surface area contributed by atoms with Gasteiger partial charge in [0.1, 0.15) is 4.87 Å². The van der Waals surface area contributed by atoms with E-state index in [9.17, 15) is 0 Å². The molecule has 0 saturated heterocycles. The van der Waals surface area contributed by atoms with Crippen molar-refractivity contribution in [3.63, 3.8) is 0 Å². The smallest absolute Gasteiger partial charge is 0.123 e. The maximum atomic E-state index is 7.49. The number of hydrogen-bond donors (Lipinski definition) is 0. The van der Waals surface area contributed by atoms with Crippen LogP contribution in [0.1, 0.15) is 16.7 Å². The summed E-state index contributed by atoms with van der Waals surface area (Å²) in [6, 6.07) is 37.7. The van der Waals surface area contributed by atoms with E-state index >= 15 is 0 Å². The molecule has 0 bridgehead atoms. The summed E-state index contributed by atoms with van der Waals surface area (Å²) < 4.78 is 0. The van der Waals surface area contributed by atoms with Gasteiger partial charge in [-0.25, -0.2) is 0 Å². The van der Waals surface area contributed by atoms with Crippen LogP contribution in [0.15, 0.2) is 109 Å². The highest BCUT2D eigenvalue weighted by molar-refractivity contribution is 6.30. The summed E-state index contributed by atoms with van der Waals surface area (Å²) >= 11 is 7.49. The highest BCUT2D eigenvalue weighted by Crippen LogP contribution is 2.56. The summed E-state index contributed by atoms with van der Waals surface area (Å²) in [7, 11) is 0. The van der Waals surface area contributed by atoms with Crippen molar-refractivity contribution in [1.82, 2.24) is 0 Å². The van der Waals surface area contributed by atoms with Crippen LogP contribution in [-0.2, 0) is 4.87 Å². The molecule has 0 spiro atoms. The Morgan fingerprint density at radius 1 is 0.519 bits per heavy atom. The number of alkyl halides is 1.